The lowest BCUT2D eigenvalue weighted by atomic mass is 10.0. The molecule has 0 bridgehead atoms. The van der Waals surface area contributed by atoms with Crippen molar-refractivity contribution >= 4 is 11.8 Å². The summed E-state index contributed by atoms with van der Waals surface area (Å²) in [6, 6.07) is 3.99. The molecule has 0 aliphatic carbocycles. The van der Waals surface area contributed by atoms with Gasteiger partial charge in [-0.3, -0.25) is 9.59 Å². The van der Waals surface area contributed by atoms with E-state index in [1.807, 2.05) is 0 Å². The highest BCUT2D eigenvalue weighted by Gasteiger charge is 2.28. The van der Waals surface area contributed by atoms with E-state index in [-0.39, 0.29) is 5.56 Å². The Hall–Kier alpha value is -2.90. The van der Waals surface area contributed by atoms with Gasteiger partial charge in [0.25, 0.3) is 5.91 Å². The zero-order valence-corrected chi connectivity index (χ0v) is 15.5. The maximum absolute atomic E-state index is 13.9. The second kappa shape index (κ2) is 8.86. The minimum absolute atomic E-state index is 0.0590. The van der Waals surface area contributed by atoms with Gasteiger partial charge in [0, 0.05) is 11.6 Å². The molecule has 2 aromatic rings. The number of rotatable bonds is 6. The van der Waals surface area contributed by atoms with Gasteiger partial charge in [0.05, 0.1) is 6.04 Å². The Balaban J connectivity index is 2.17. The quantitative estimate of drug-likeness (QED) is 0.729. The summed E-state index contributed by atoms with van der Waals surface area (Å²) in [5, 5.41) is 4.83. The van der Waals surface area contributed by atoms with E-state index in [2.05, 4.69) is 10.6 Å². The number of hydrogen-bond acceptors (Lipinski definition) is 2. The van der Waals surface area contributed by atoms with Gasteiger partial charge in [0.2, 0.25) is 5.91 Å². The van der Waals surface area contributed by atoms with Crippen LogP contribution in [0.1, 0.15) is 42.7 Å². The number of carbonyl (C=O) groups excluding carboxylic acids is 2. The Bertz CT molecular complexity index is 866. The minimum Gasteiger partial charge on any atom is -0.348 e. The van der Waals surface area contributed by atoms with Crippen LogP contribution < -0.4 is 10.6 Å². The fraction of sp³-hybridized carbons (Fsp3) is 0.300. The summed E-state index contributed by atoms with van der Waals surface area (Å²) in [7, 11) is 0. The molecule has 28 heavy (non-hydrogen) atoms. The van der Waals surface area contributed by atoms with Crippen LogP contribution in [0.4, 0.5) is 17.6 Å². The number of amides is 2. The van der Waals surface area contributed by atoms with E-state index in [0.717, 1.165) is 24.3 Å². The van der Waals surface area contributed by atoms with Crippen molar-refractivity contribution in [3.05, 3.63) is 70.8 Å². The average molecular weight is 396 g/mol. The monoisotopic (exact) mass is 396 g/mol. The zero-order chi connectivity index (χ0) is 21.0. The summed E-state index contributed by atoms with van der Waals surface area (Å²) in [5.74, 6) is -5.86. The predicted molar refractivity (Wildman–Crippen MR) is 95.4 cm³/mol. The third kappa shape index (κ3) is 4.88. The zero-order valence-electron chi connectivity index (χ0n) is 15.5. The van der Waals surface area contributed by atoms with E-state index < -0.39 is 58.6 Å². The average Bonchev–Trinajstić information content (AvgIpc) is 2.58. The molecule has 0 heterocycles. The summed E-state index contributed by atoms with van der Waals surface area (Å²) in [4.78, 5) is 24.9. The van der Waals surface area contributed by atoms with Crippen LogP contribution in [0.5, 0.6) is 0 Å². The van der Waals surface area contributed by atoms with Gasteiger partial charge < -0.3 is 10.6 Å². The first-order chi connectivity index (χ1) is 13.1. The van der Waals surface area contributed by atoms with Crippen molar-refractivity contribution in [2.45, 2.75) is 32.9 Å². The lowest BCUT2D eigenvalue weighted by Crippen LogP contribution is -2.50. The first-order valence-corrected chi connectivity index (χ1v) is 8.62. The molecule has 2 unspecified atom stereocenters. The summed E-state index contributed by atoms with van der Waals surface area (Å²) in [6.07, 6.45) is 0. The van der Waals surface area contributed by atoms with Gasteiger partial charge in [0.15, 0.2) is 0 Å². The van der Waals surface area contributed by atoms with Crippen LogP contribution in [0.15, 0.2) is 36.4 Å². The maximum atomic E-state index is 13.9. The molecule has 2 atom stereocenters. The molecule has 150 valence electrons. The van der Waals surface area contributed by atoms with Crippen LogP contribution in [-0.2, 0) is 4.79 Å². The summed E-state index contributed by atoms with van der Waals surface area (Å²) in [5.41, 5.74) is -0.734. The highest BCUT2D eigenvalue weighted by Crippen LogP contribution is 2.19. The second-order valence-corrected chi connectivity index (χ2v) is 6.69. The molecule has 2 rings (SSSR count). The van der Waals surface area contributed by atoms with Crippen molar-refractivity contribution in [1.29, 1.82) is 0 Å². The van der Waals surface area contributed by atoms with Gasteiger partial charge in [-0.1, -0.05) is 26.0 Å². The highest BCUT2D eigenvalue weighted by atomic mass is 19.1. The van der Waals surface area contributed by atoms with Crippen molar-refractivity contribution in [1.82, 2.24) is 10.6 Å². The van der Waals surface area contributed by atoms with Crippen molar-refractivity contribution < 1.29 is 27.2 Å². The molecule has 2 amide bonds. The van der Waals surface area contributed by atoms with Gasteiger partial charge in [-0.25, -0.2) is 17.6 Å². The number of hydrogen-bond donors (Lipinski definition) is 2. The van der Waals surface area contributed by atoms with E-state index in [9.17, 15) is 27.2 Å². The Kier molecular flexibility index (Phi) is 6.77. The number of nitrogens with one attached hydrogen (secondary N) is 2. The molecule has 2 aromatic carbocycles. The fourth-order valence-corrected chi connectivity index (χ4v) is 2.70. The minimum atomic E-state index is -1.13. The van der Waals surface area contributed by atoms with E-state index in [1.54, 1.807) is 13.8 Å². The molecule has 0 aromatic heterocycles. The third-order valence-corrected chi connectivity index (χ3v) is 4.21. The van der Waals surface area contributed by atoms with Crippen LogP contribution in [0.25, 0.3) is 0 Å². The van der Waals surface area contributed by atoms with Gasteiger partial charge in [0.1, 0.15) is 34.9 Å². The van der Waals surface area contributed by atoms with Crippen LogP contribution in [0, 0.1) is 29.2 Å². The van der Waals surface area contributed by atoms with Gasteiger partial charge in [-0.05, 0) is 31.0 Å². The largest absolute Gasteiger partial charge is 0.348 e. The number of halogens is 4. The van der Waals surface area contributed by atoms with Crippen molar-refractivity contribution in [3.63, 3.8) is 0 Å². The molecule has 0 radical (unpaired) electrons. The first-order valence-electron chi connectivity index (χ1n) is 8.62. The van der Waals surface area contributed by atoms with E-state index in [0.29, 0.717) is 6.07 Å². The van der Waals surface area contributed by atoms with Crippen LogP contribution >= 0.6 is 0 Å². The molecule has 0 spiro atoms. The van der Waals surface area contributed by atoms with Crippen molar-refractivity contribution in [2.24, 2.45) is 5.92 Å². The van der Waals surface area contributed by atoms with E-state index >= 15 is 0 Å². The molecule has 0 saturated heterocycles. The molecule has 0 aliphatic rings. The molecule has 0 fully saturated rings. The van der Waals surface area contributed by atoms with Crippen LogP contribution in [0.3, 0.4) is 0 Å². The van der Waals surface area contributed by atoms with Gasteiger partial charge in [-0.15, -0.1) is 0 Å². The van der Waals surface area contributed by atoms with Crippen LogP contribution in [0.2, 0.25) is 0 Å². The Labute approximate surface area is 159 Å². The molecular weight excluding hydrogens is 376 g/mol. The van der Waals surface area contributed by atoms with E-state index in [4.69, 9.17) is 0 Å². The molecule has 8 heteroatoms. The normalized spacial score (nSPS) is 13.1. The summed E-state index contributed by atoms with van der Waals surface area (Å²) in [6.45, 7) is 4.75. The maximum Gasteiger partial charge on any atom is 0.257 e. The van der Waals surface area contributed by atoms with Gasteiger partial charge in [-0.2, -0.15) is 0 Å². The topological polar surface area (TPSA) is 58.2 Å². The SMILES string of the molecule is CC(NC(=O)C(NC(=O)c1c(F)cccc1F)C(C)C)c1ccc(F)cc1F. The van der Waals surface area contributed by atoms with Crippen molar-refractivity contribution in [3.8, 4) is 0 Å². The lowest BCUT2D eigenvalue weighted by Gasteiger charge is -2.24. The standard InChI is InChI=1S/C20H20F4N2O2/c1-10(2)18(26-19(27)17-14(22)5-4-6-15(17)23)20(28)25-11(3)13-8-7-12(21)9-16(13)24/h4-11,18H,1-3H3,(H,25,28)(H,26,27). The molecule has 2 N–H and O–H groups in total. The van der Waals surface area contributed by atoms with Crippen LogP contribution in [-0.4, -0.2) is 17.9 Å². The summed E-state index contributed by atoms with van der Waals surface area (Å²) < 4.78 is 54.5. The van der Waals surface area contributed by atoms with E-state index in [1.165, 1.54) is 13.0 Å². The third-order valence-electron chi connectivity index (χ3n) is 4.21. The molecular formula is C20H20F4N2O2. The van der Waals surface area contributed by atoms with Crippen molar-refractivity contribution in [2.75, 3.05) is 0 Å². The second-order valence-electron chi connectivity index (χ2n) is 6.69. The first kappa shape index (κ1) is 21.4. The molecule has 0 saturated carbocycles. The lowest BCUT2D eigenvalue weighted by molar-refractivity contribution is -0.124. The highest BCUT2D eigenvalue weighted by molar-refractivity contribution is 5.98. The fourth-order valence-electron chi connectivity index (χ4n) is 2.70. The Morgan fingerprint density at radius 3 is 2.00 bits per heavy atom. The number of benzene rings is 2. The smallest absolute Gasteiger partial charge is 0.257 e. The Morgan fingerprint density at radius 1 is 0.857 bits per heavy atom. The molecule has 0 aliphatic heterocycles. The summed E-state index contributed by atoms with van der Waals surface area (Å²) >= 11 is 0. The Morgan fingerprint density at radius 2 is 1.46 bits per heavy atom. The van der Waals surface area contributed by atoms with Gasteiger partial charge >= 0.3 is 0 Å². The predicted octanol–water partition coefficient (Wildman–Crippen LogP) is 3.87. The molecule has 4 nitrogen and oxygen atoms in total. The number of carbonyl (C=O) groups is 2.